The number of hydrogen-bond acceptors (Lipinski definition) is 3. The number of carbonyl (C=O) groups is 2. The minimum absolute atomic E-state index is 0.0200. The fourth-order valence-electron chi connectivity index (χ4n) is 5.23. The van der Waals surface area contributed by atoms with Crippen molar-refractivity contribution >= 4 is 17.3 Å². The first-order chi connectivity index (χ1) is 12.1. The standard InChI is InChI=1S/C22H26O3/c23-20-17-7-3-4-8-18(17)21(24)22(25)19(20)12-10-14-9-11-15-5-1-2-6-16(15)13-14/h3-4,7-8,14-16,23H,1-2,5-6,9-13H2/t14-,15-,16+/m0/s1. The van der Waals surface area contributed by atoms with Gasteiger partial charge in [-0.05, 0) is 43.4 Å². The molecular weight excluding hydrogens is 312 g/mol. The Hall–Kier alpha value is -1.90. The topological polar surface area (TPSA) is 54.4 Å². The van der Waals surface area contributed by atoms with Gasteiger partial charge in [0.05, 0.1) is 0 Å². The van der Waals surface area contributed by atoms with Gasteiger partial charge in [0.2, 0.25) is 11.6 Å². The Kier molecular flexibility index (Phi) is 4.49. The maximum Gasteiger partial charge on any atom is 0.234 e. The van der Waals surface area contributed by atoms with Gasteiger partial charge >= 0.3 is 0 Å². The van der Waals surface area contributed by atoms with Crippen LogP contribution < -0.4 is 0 Å². The third-order valence-corrected chi connectivity index (χ3v) is 6.64. The van der Waals surface area contributed by atoms with Crippen molar-refractivity contribution < 1.29 is 14.7 Å². The highest BCUT2D eigenvalue weighted by Crippen LogP contribution is 2.44. The van der Waals surface area contributed by atoms with Crippen molar-refractivity contribution in [1.82, 2.24) is 0 Å². The number of hydrogen-bond donors (Lipinski definition) is 1. The lowest BCUT2D eigenvalue weighted by molar-refractivity contribution is -0.112. The van der Waals surface area contributed by atoms with Crippen LogP contribution >= 0.6 is 0 Å². The van der Waals surface area contributed by atoms with Gasteiger partial charge in [-0.3, -0.25) is 9.59 Å². The summed E-state index contributed by atoms with van der Waals surface area (Å²) in [6.45, 7) is 0. The summed E-state index contributed by atoms with van der Waals surface area (Å²) in [7, 11) is 0. The number of aliphatic hydroxyl groups is 1. The fraction of sp³-hybridized carbons (Fsp3) is 0.545. The first kappa shape index (κ1) is 16.6. The summed E-state index contributed by atoms with van der Waals surface area (Å²) < 4.78 is 0. The van der Waals surface area contributed by atoms with Crippen LogP contribution in [0.15, 0.2) is 29.8 Å². The molecule has 1 N–H and O–H groups in total. The van der Waals surface area contributed by atoms with Crippen LogP contribution in [0.1, 0.15) is 73.7 Å². The Morgan fingerprint density at radius 1 is 0.880 bits per heavy atom. The maximum atomic E-state index is 12.4. The van der Waals surface area contributed by atoms with Gasteiger partial charge in [-0.1, -0.05) is 56.4 Å². The molecule has 3 aliphatic carbocycles. The molecular formula is C22H26O3. The molecule has 0 radical (unpaired) electrons. The highest BCUT2D eigenvalue weighted by Gasteiger charge is 2.35. The summed E-state index contributed by atoms with van der Waals surface area (Å²) in [6, 6.07) is 6.86. The van der Waals surface area contributed by atoms with E-state index in [4.69, 9.17) is 0 Å². The lowest BCUT2D eigenvalue weighted by atomic mass is 9.66. The molecule has 2 fully saturated rings. The SMILES string of the molecule is O=C1C(=O)c2ccccc2C(O)=C1CC[C@@H]1CC[C@@H]2CCCC[C@@H]2C1. The van der Waals surface area contributed by atoms with E-state index in [1.54, 1.807) is 24.3 Å². The molecule has 0 spiro atoms. The van der Waals surface area contributed by atoms with Gasteiger partial charge < -0.3 is 5.11 Å². The molecule has 0 saturated heterocycles. The molecule has 0 bridgehead atoms. The number of fused-ring (bicyclic) bond motifs is 2. The van der Waals surface area contributed by atoms with E-state index in [0.717, 1.165) is 18.3 Å². The summed E-state index contributed by atoms with van der Waals surface area (Å²) in [5.41, 5.74) is 1.17. The Morgan fingerprint density at radius 2 is 1.60 bits per heavy atom. The smallest absolute Gasteiger partial charge is 0.234 e. The van der Waals surface area contributed by atoms with Gasteiger partial charge in [-0.2, -0.15) is 0 Å². The van der Waals surface area contributed by atoms with E-state index in [2.05, 4.69) is 0 Å². The number of rotatable bonds is 3. The van der Waals surface area contributed by atoms with E-state index < -0.39 is 11.6 Å². The predicted molar refractivity (Wildman–Crippen MR) is 97.4 cm³/mol. The molecule has 3 aliphatic rings. The third kappa shape index (κ3) is 3.05. The van der Waals surface area contributed by atoms with Gasteiger partial charge in [-0.25, -0.2) is 0 Å². The first-order valence-corrected chi connectivity index (χ1v) is 9.75. The molecule has 25 heavy (non-hydrogen) atoms. The second kappa shape index (κ2) is 6.78. The number of allylic oxidation sites excluding steroid dienone is 1. The minimum atomic E-state index is -0.512. The number of carbonyl (C=O) groups excluding carboxylic acids is 2. The van der Waals surface area contributed by atoms with Crippen molar-refractivity contribution in [2.75, 3.05) is 0 Å². The average molecular weight is 338 g/mol. The van der Waals surface area contributed by atoms with Crippen LogP contribution in [0.5, 0.6) is 0 Å². The highest BCUT2D eigenvalue weighted by atomic mass is 16.3. The second-order valence-electron chi connectivity index (χ2n) is 8.05. The van der Waals surface area contributed by atoms with Crippen LogP contribution in [0.25, 0.3) is 5.76 Å². The Bertz CT molecular complexity index is 731. The van der Waals surface area contributed by atoms with Gasteiger partial charge in [0.25, 0.3) is 0 Å². The quantitative estimate of drug-likeness (QED) is 0.779. The monoisotopic (exact) mass is 338 g/mol. The van der Waals surface area contributed by atoms with Crippen molar-refractivity contribution in [3.63, 3.8) is 0 Å². The molecule has 2 saturated carbocycles. The van der Waals surface area contributed by atoms with Gasteiger partial charge in [0.1, 0.15) is 5.76 Å². The summed E-state index contributed by atoms with van der Waals surface area (Å²) in [6.07, 6.45) is 10.7. The molecule has 1 aromatic rings. The van der Waals surface area contributed by atoms with E-state index in [1.807, 2.05) is 0 Å². The third-order valence-electron chi connectivity index (χ3n) is 6.64. The molecule has 3 atom stereocenters. The Morgan fingerprint density at radius 3 is 2.40 bits per heavy atom. The highest BCUT2D eigenvalue weighted by molar-refractivity contribution is 6.52. The second-order valence-corrected chi connectivity index (χ2v) is 8.05. The molecule has 3 heteroatoms. The van der Waals surface area contributed by atoms with Gasteiger partial charge in [0, 0.05) is 16.7 Å². The molecule has 0 amide bonds. The van der Waals surface area contributed by atoms with Gasteiger partial charge in [0.15, 0.2) is 0 Å². The maximum absolute atomic E-state index is 12.4. The van der Waals surface area contributed by atoms with Crippen LogP contribution in [0, 0.1) is 17.8 Å². The summed E-state index contributed by atoms with van der Waals surface area (Å²) in [5.74, 6) is 1.44. The molecule has 0 aliphatic heterocycles. The van der Waals surface area contributed by atoms with E-state index >= 15 is 0 Å². The Labute approximate surface area is 149 Å². The van der Waals surface area contributed by atoms with E-state index in [9.17, 15) is 14.7 Å². The van der Waals surface area contributed by atoms with Crippen LogP contribution in [0.2, 0.25) is 0 Å². The summed E-state index contributed by atoms with van der Waals surface area (Å²) >= 11 is 0. The van der Waals surface area contributed by atoms with E-state index in [1.165, 1.54) is 44.9 Å². The number of benzene rings is 1. The van der Waals surface area contributed by atoms with Crippen molar-refractivity contribution in [3.8, 4) is 0 Å². The minimum Gasteiger partial charge on any atom is -0.507 e. The zero-order valence-electron chi connectivity index (χ0n) is 14.7. The van der Waals surface area contributed by atoms with Crippen LogP contribution in [0.3, 0.4) is 0 Å². The van der Waals surface area contributed by atoms with Crippen molar-refractivity contribution in [2.24, 2.45) is 17.8 Å². The average Bonchev–Trinajstić information content (AvgIpc) is 2.66. The van der Waals surface area contributed by atoms with Crippen molar-refractivity contribution in [1.29, 1.82) is 0 Å². The zero-order valence-corrected chi connectivity index (χ0v) is 14.7. The number of ketones is 2. The number of aliphatic hydroxyl groups excluding tert-OH is 1. The first-order valence-electron chi connectivity index (χ1n) is 9.75. The van der Waals surface area contributed by atoms with Gasteiger partial charge in [-0.15, -0.1) is 0 Å². The van der Waals surface area contributed by atoms with Crippen molar-refractivity contribution in [2.45, 2.75) is 57.8 Å². The lowest BCUT2D eigenvalue weighted by Gasteiger charge is -2.39. The zero-order chi connectivity index (χ0) is 17.4. The molecule has 1 aromatic carbocycles. The van der Waals surface area contributed by atoms with E-state index in [0.29, 0.717) is 29.0 Å². The van der Waals surface area contributed by atoms with Crippen molar-refractivity contribution in [3.05, 3.63) is 41.0 Å². The normalized spacial score (nSPS) is 29.4. The van der Waals surface area contributed by atoms with E-state index in [-0.39, 0.29) is 5.76 Å². The summed E-state index contributed by atoms with van der Waals surface area (Å²) in [5, 5.41) is 10.5. The summed E-state index contributed by atoms with van der Waals surface area (Å²) in [4.78, 5) is 24.7. The molecule has 0 heterocycles. The molecule has 132 valence electrons. The lowest BCUT2D eigenvalue weighted by Crippen LogP contribution is -2.28. The molecule has 4 rings (SSSR count). The molecule has 0 aromatic heterocycles. The van der Waals surface area contributed by atoms with Crippen LogP contribution in [0.4, 0.5) is 0 Å². The number of Topliss-reactive ketones (excluding diaryl/α,β-unsaturated/α-hetero) is 2. The van der Waals surface area contributed by atoms with Crippen LogP contribution in [-0.4, -0.2) is 16.7 Å². The van der Waals surface area contributed by atoms with Crippen LogP contribution in [-0.2, 0) is 4.79 Å². The predicted octanol–water partition coefficient (Wildman–Crippen LogP) is 5.11. The largest absolute Gasteiger partial charge is 0.507 e. The fourth-order valence-corrected chi connectivity index (χ4v) is 5.23. The molecule has 0 unspecified atom stereocenters. The molecule has 3 nitrogen and oxygen atoms in total. The Balaban J connectivity index is 1.47.